The number of fused-ring (bicyclic) bond motifs is 3. The maximum Gasteiger partial charge on any atom is 0.126 e. The molecule has 2 aromatic carbocycles. The number of rotatable bonds is 0. The highest BCUT2D eigenvalue weighted by Crippen LogP contribution is 2.60. The summed E-state index contributed by atoms with van der Waals surface area (Å²) in [5, 5.41) is 0. The van der Waals surface area contributed by atoms with Gasteiger partial charge in [-0.2, -0.15) is 0 Å². The minimum Gasteiger partial charge on any atom is -0.491 e. The van der Waals surface area contributed by atoms with E-state index in [9.17, 15) is 0 Å². The lowest BCUT2D eigenvalue weighted by molar-refractivity contribution is 0.00493. The van der Waals surface area contributed by atoms with Crippen molar-refractivity contribution in [2.75, 3.05) is 52.9 Å². The minimum absolute atomic E-state index is 0.474. The van der Waals surface area contributed by atoms with E-state index in [1.54, 1.807) is 0 Å². The summed E-state index contributed by atoms with van der Waals surface area (Å²) >= 11 is 0. The molecule has 0 radical (unpaired) electrons. The Bertz CT molecular complexity index is 839. The molecule has 33 heavy (non-hydrogen) atoms. The van der Waals surface area contributed by atoms with Crippen molar-refractivity contribution in [1.82, 2.24) is 0 Å². The molecule has 4 aliphatic rings. The summed E-state index contributed by atoms with van der Waals surface area (Å²) in [7, 11) is 0. The average molecular weight is 451 g/mol. The van der Waals surface area contributed by atoms with E-state index in [0.29, 0.717) is 76.5 Å². The van der Waals surface area contributed by atoms with E-state index in [1.165, 1.54) is 47.9 Å². The van der Waals surface area contributed by atoms with Crippen LogP contribution in [0.1, 0.15) is 71.6 Å². The standard InChI is InChI=1S/C28H34O5/c1-3-23-19-7-9-21(19)25-5-2-6-26-22-10-8-20(22)24(4-1)27(23)32-17-15-30-13-11-29-12-14-31-16-18-33-28(25)26/h1-6,19-22H,7-18H2/t19-,20+,21+,22-. The van der Waals surface area contributed by atoms with Gasteiger partial charge in [0.25, 0.3) is 0 Å². The van der Waals surface area contributed by atoms with Crippen molar-refractivity contribution >= 4 is 0 Å². The Labute approximate surface area is 196 Å². The Balaban J connectivity index is 1.41. The SMILES string of the molecule is c1cc2c3c(c1)[C@@H]1CC[C@@H]1c1cccc(c1OCCOCCOCCOCCO3)[C@@H]1CC[C@H]21. The third-order valence-electron chi connectivity index (χ3n) is 7.99. The number of hydrogen-bond donors (Lipinski definition) is 0. The van der Waals surface area contributed by atoms with Gasteiger partial charge in [-0.1, -0.05) is 36.4 Å². The molecule has 0 saturated heterocycles. The molecule has 5 heteroatoms. The molecule has 2 fully saturated rings. The molecule has 2 aromatic rings. The third kappa shape index (κ3) is 4.05. The van der Waals surface area contributed by atoms with Gasteiger partial charge in [-0.15, -0.1) is 0 Å². The van der Waals surface area contributed by atoms with Gasteiger partial charge >= 0.3 is 0 Å². The third-order valence-corrected chi connectivity index (χ3v) is 7.99. The smallest absolute Gasteiger partial charge is 0.126 e. The zero-order valence-corrected chi connectivity index (χ0v) is 19.3. The highest BCUT2D eigenvalue weighted by atomic mass is 16.6. The van der Waals surface area contributed by atoms with E-state index in [-0.39, 0.29) is 0 Å². The summed E-state index contributed by atoms with van der Waals surface area (Å²) in [5.41, 5.74) is 5.49. The zero-order chi connectivity index (χ0) is 22.0. The highest BCUT2D eigenvalue weighted by molar-refractivity contribution is 5.56. The lowest BCUT2D eigenvalue weighted by Gasteiger charge is -2.44. The van der Waals surface area contributed by atoms with E-state index in [4.69, 9.17) is 23.7 Å². The molecule has 0 unspecified atom stereocenters. The topological polar surface area (TPSA) is 46.2 Å². The normalized spacial score (nSPS) is 29.7. The van der Waals surface area contributed by atoms with Crippen molar-refractivity contribution in [1.29, 1.82) is 0 Å². The second-order valence-electron chi connectivity index (χ2n) is 9.65. The Morgan fingerprint density at radius 3 is 1.03 bits per heavy atom. The number of benzene rings is 2. The number of hydrogen-bond acceptors (Lipinski definition) is 5. The van der Waals surface area contributed by atoms with Crippen LogP contribution < -0.4 is 9.47 Å². The molecule has 3 aliphatic carbocycles. The summed E-state index contributed by atoms with van der Waals surface area (Å²) in [4.78, 5) is 0. The van der Waals surface area contributed by atoms with Crippen LogP contribution in [0.2, 0.25) is 0 Å². The first-order valence-corrected chi connectivity index (χ1v) is 12.7. The largest absolute Gasteiger partial charge is 0.491 e. The first kappa shape index (κ1) is 21.5. The van der Waals surface area contributed by atoms with Crippen LogP contribution in [0.15, 0.2) is 36.4 Å². The predicted octanol–water partition coefficient (Wildman–Crippen LogP) is 5.14. The van der Waals surface area contributed by atoms with Gasteiger partial charge in [-0.05, 0) is 71.6 Å². The molecule has 2 saturated carbocycles. The summed E-state index contributed by atoms with van der Waals surface area (Å²) in [5.74, 6) is 4.15. The molecule has 1 heterocycles. The van der Waals surface area contributed by atoms with E-state index < -0.39 is 0 Å². The van der Waals surface area contributed by atoms with Crippen LogP contribution in [0, 0.1) is 0 Å². The minimum atomic E-state index is 0.474. The van der Waals surface area contributed by atoms with Crippen LogP contribution >= 0.6 is 0 Å². The van der Waals surface area contributed by atoms with Crippen molar-refractivity contribution in [3.05, 3.63) is 58.7 Å². The van der Waals surface area contributed by atoms with E-state index in [2.05, 4.69) is 36.4 Å². The predicted molar refractivity (Wildman–Crippen MR) is 126 cm³/mol. The first-order valence-electron chi connectivity index (χ1n) is 12.7. The molecule has 1 aliphatic heterocycles. The van der Waals surface area contributed by atoms with Gasteiger partial charge in [-0.25, -0.2) is 0 Å². The summed E-state index contributed by atoms with van der Waals surface area (Å²) in [6.07, 6.45) is 4.77. The molecule has 6 rings (SSSR count). The molecule has 6 bridgehead atoms. The monoisotopic (exact) mass is 450 g/mol. The second kappa shape index (κ2) is 9.65. The van der Waals surface area contributed by atoms with Crippen molar-refractivity contribution in [2.45, 2.75) is 49.4 Å². The van der Waals surface area contributed by atoms with Crippen LogP contribution in [0.4, 0.5) is 0 Å². The highest BCUT2D eigenvalue weighted by Gasteiger charge is 2.43. The van der Waals surface area contributed by atoms with E-state index in [0.717, 1.165) is 11.5 Å². The summed E-state index contributed by atoms with van der Waals surface area (Å²) < 4.78 is 30.2. The molecule has 0 N–H and O–H groups in total. The van der Waals surface area contributed by atoms with Gasteiger partial charge in [-0.3, -0.25) is 0 Å². The quantitative estimate of drug-likeness (QED) is 0.556. The fourth-order valence-corrected chi connectivity index (χ4v) is 6.08. The second-order valence-corrected chi connectivity index (χ2v) is 9.65. The first-order chi connectivity index (χ1) is 16.4. The lowest BCUT2D eigenvalue weighted by Crippen LogP contribution is -2.29. The molecule has 4 atom stereocenters. The number of ether oxygens (including phenoxy) is 5. The average Bonchev–Trinajstić information content (AvgIpc) is 2.77. The molecular formula is C28H34O5. The van der Waals surface area contributed by atoms with E-state index >= 15 is 0 Å². The van der Waals surface area contributed by atoms with Crippen LogP contribution in [-0.4, -0.2) is 52.9 Å². The van der Waals surface area contributed by atoms with Gasteiger partial charge in [0.05, 0.1) is 39.6 Å². The van der Waals surface area contributed by atoms with Crippen molar-refractivity contribution in [3.8, 4) is 11.5 Å². The molecule has 176 valence electrons. The maximum atomic E-state index is 6.51. The fourth-order valence-electron chi connectivity index (χ4n) is 6.08. The van der Waals surface area contributed by atoms with Gasteiger partial charge in [0.15, 0.2) is 0 Å². The Hall–Kier alpha value is -2.08. The molecule has 0 amide bonds. The van der Waals surface area contributed by atoms with Gasteiger partial charge < -0.3 is 23.7 Å². The lowest BCUT2D eigenvalue weighted by atomic mass is 9.61. The van der Waals surface area contributed by atoms with Crippen LogP contribution in [0.3, 0.4) is 0 Å². The van der Waals surface area contributed by atoms with Gasteiger partial charge in [0.1, 0.15) is 24.7 Å². The van der Waals surface area contributed by atoms with Crippen LogP contribution in [-0.2, 0) is 14.2 Å². The number of para-hydroxylation sites is 2. The van der Waals surface area contributed by atoms with Crippen molar-refractivity contribution in [2.24, 2.45) is 0 Å². The maximum absolute atomic E-state index is 6.51. The van der Waals surface area contributed by atoms with Crippen molar-refractivity contribution in [3.63, 3.8) is 0 Å². The zero-order valence-electron chi connectivity index (χ0n) is 19.3. The summed E-state index contributed by atoms with van der Waals surface area (Å²) in [6, 6.07) is 13.7. The van der Waals surface area contributed by atoms with Gasteiger partial charge in [0, 0.05) is 0 Å². The van der Waals surface area contributed by atoms with Crippen molar-refractivity contribution < 1.29 is 23.7 Å². The molecule has 0 spiro atoms. The molecule has 5 nitrogen and oxygen atoms in total. The fraction of sp³-hybridized carbons (Fsp3) is 0.571. The van der Waals surface area contributed by atoms with Crippen LogP contribution in [0.25, 0.3) is 0 Å². The Kier molecular flexibility index (Phi) is 6.27. The summed E-state index contributed by atoms with van der Waals surface area (Å²) in [6.45, 7) is 4.60. The molecular weight excluding hydrogens is 416 g/mol. The van der Waals surface area contributed by atoms with Gasteiger partial charge in [0.2, 0.25) is 0 Å². The van der Waals surface area contributed by atoms with Crippen LogP contribution in [0.5, 0.6) is 11.5 Å². The Morgan fingerprint density at radius 1 is 0.424 bits per heavy atom. The Morgan fingerprint density at radius 2 is 0.727 bits per heavy atom. The van der Waals surface area contributed by atoms with E-state index in [1.807, 2.05) is 0 Å². The molecule has 0 aromatic heterocycles.